The predicted octanol–water partition coefficient (Wildman–Crippen LogP) is 4.46. The number of anilines is 1. The van der Waals surface area contributed by atoms with Gasteiger partial charge in [-0.05, 0) is 59.3 Å². The van der Waals surface area contributed by atoms with E-state index in [4.69, 9.17) is 0 Å². The molecule has 0 amide bonds. The lowest BCUT2D eigenvalue weighted by Gasteiger charge is -2.23. The third kappa shape index (κ3) is 3.22. The van der Waals surface area contributed by atoms with Crippen LogP contribution in [0, 0.1) is 9.39 Å². The van der Waals surface area contributed by atoms with Gasteiger partial charge in [-0.3, -0.25) is 0 Å². The first-order valence-corrected chi connectivity index (χ1v) is 7.02. The fourth-order valence-corrected chi connectivity index (χ4v) is 2.25. The highest BCUT2D eigenvalue weighted by Crippen LogP contribution is 2.20. The third-order valence-corrected chi connectivity index (χ3v) is 3.58. The molecule has 0 saturated carbocycles. The van der Waals surface area contributed by atoms with Crippen LogP contribution in [0.2, 0.25) is 0 Å². The smallest absolute Gasteiger partial charge is 0.146 e. The van der Waals surface area contributed by atoms with E-state index in [0.29, 0.717) is 5.69 Å². The maximum atomic E-state index is 13.8. The monoisotopic (exact) mass is 355 g/mol. The molecule has 3 heteroatoms. The van der Waals surface area contributed by atoms with Gasteiger partial charge in [0.15, 0.2) is 0 Å². The van der Waals surface area contributed by atoms with E-state index >= 15 is 0 Å². The number of para-hydroxylation sites is 1. The largest absolute Gasteiger partial charge is 0.365 e. The number of nitrogens with zero attached hydrogens (tertiary/aromatic N) is 1. The lowest BCUT2D eigenvalue weighted by molar-refractivity contribution is 0.618. The van der Waals surface area contributed by atoms with Gasteiger partial charge in [0.1, 0.15) is 5.82 Å². The van der Waals surface area contributed by atoms with Crippen molar-refractivity contribution in [3.8, 4) is 0 Å². The van der Waals surface area contributed by atoms with Gasteiger partial charge >= 0.3 is 0 Å². The van der Waals surface area contributed by atoms with Crippen LogP contribution in [-0.2, 0) is 6.54 Å². The standard InChI is InChI=1S/C15H15FIN/c1-2-18(15-6-4-3-5-14(15)16)11-12-7-9-13(17)10-8-12/h3-10H,2,11H2,1H3. The first kappa shape index (κ1) is 13.3. The van der Waals surface area contributed by atoms with Gasteiger partial charge in [-0.2, -0.15) is 0 Å². The Balaban J connectivity index is 2.20. The maximum Gasteiger partial charge on any atom is 0.146 e. The number of rotatable bonds is 4. The summed E-state index contributed by atoms with van der Waals surface area (Å²) < 4.78 is 15.0. The van der Waals surface area contributed by atoms with E-state index in [2.05, 4.69) is 46.9 Å². The van der Waals surface area contributed by atoms with Crippen molar-refractivity contribution in [2.45, 2.75) is 13.5 Å². The molecule has 0 N–H and O–H groups in total. The molecule has 0 aliphatic heterocycles. The molecule has 0 heterocycles. The summed E-state index contributed by atoms with van der Waals surface area (Å²) in [4.78, 5) is 2.04. The second-order valence-corrected chi connectivity index (χ2v) is 5.34. The van der Waals surface area contributed by atoms with Crippen LogP contribution in [0.15, 0.2) is 48.5 Å². The lowest BCUT2D eigenvalue weighted by Crippen LogP contribution is -2.22. The summed E-state index contributed by atoms with van der Waals surface area (Å²) in [5.41, 5.74) is 1.86. The molecule has 0 saturated heterocycles. The van der Waals surface area contributed by atoms with E-state index < -0.39 is 0 Å². The Morgan fingerprint density at radius 1 is 1.06 bits per heavy atom. The number of hydrogen-bond acceptors (Lipinski definition) is 1. The van der Waals surface area contributed by atoms with E-state index in [1.807, 2.05) is 24.0 Å². The Morgan fingerprint density at radius 3 is 2.33 bits per heavy atom. The van der Waals surface area contributed by atoms with Crippen LogP contribution in [-0.4, -0.2) is 6.54 Å². The second-order valence-electron chi connectivity index (χ2n) is 4.09. The molecule has 2 aromatic rings. The number of halogens is 2. The quantitative estimate of drug-likeness (QED) is 0.733. The van der Waals surface area contributed by atoms with Crippen molar-refractivity contribution < 1.29 is 4.39 Å². The molecular formula is C15H15FIN. The van der Waals surface area contributed by atoms with E-state index in [1.165, 1.54) is 15.2 Å². The van der Waals surface area contributed by atoms with E-state index in [0.717, 1.165) is 13.1 Å². The van der Waals surface area contributed by atoms with E-state index in [-0.39, 0.29) is 5.82 Å². The van der Waals surface area contributed by atoms with Gasteiger partial charge in [0, 0.05) is 16.7 Å². The molecule has 0 radical (unpaired) electrons. The van der Waals surface area contributed by atoms with Crippen molar-refractivity contribution in [3.63, 3.8) is 0 Å². The topological polar surface area (TPSA) is 3.24 Å². The van der Waals surface area contributed by atoms with Crippen molar-refractivity contribution in [1.82, 2.24) is 0 Å². The van der Waals surface area contributed by atoms with Crippen LogP contribution in [0.3, 0.4) is 0 Å². The minimum absolute atomic E-state index is 0.162. The summed E-state index contributed by atoms with van der Waals surface area (Å²) in [6.07, 6.45) is 0. The highest BCUT2D eigenvalue weighted by molar-refractivity contribution is 14.1. The first-order chi connectivity index (χ1) is 8.70. The minimum Gasteiger partial charge on any atom is -0.365 e. The van der Waals surface area contributed by atoms with Gasteiger partial charge in [-0.25, -0.2) is 4.39 Å². The zero-order valence-corrected chi connectivity index (χ0v) is 12.4. The molecular weight excluding hydrogens is 340 g/mol. The summed E-state index contributed by atoms with van der Waals surface area (Å²) in [6.45, 7) is 3.56. The van der Waals surface area contributed by atoms with Crippen molar-refractivity contribution in [1.29, 1.82) is 0 Å². The molecule has 0 fully saturated rings. The highest BCUT2D eigenvalue weighted by Gasteiger charge is 2.09. The molecule has 94 valence electrons. The second kappa shape index (κ2) is 6.18. The van der Waals surface area contributed by atoms with Gasteiger partial charge < -0.3 is 4.90 Å². The summed E-state index contributed by atoms with van der Waals surface area (Å²) in [6, 6.07) is 15.2. The average Bonchev–Trinajstić information content (AvgIpc) is 2.39. The zero-order chi connectivity index (χ0) is 13.0. The van der Waals surface area contributed by atoms with Crippen LogP contribution in [0.5, 0.6) is 0 Å². The Kier molecular flexibility index (Phi) is 4.58. The van der Waals surface area contributed by atoms with Crippen molar-refractivity contribution in [2.75, 3.05) is 11.4 Å². The molecule has 0 spiro atoms. The third-order valence-electron chi connectivity index (χ3n) is 2.86. The Bertz CT molecular complexity index is 510. The van der Waals surface area contributed by atoms with Crippen molar-refractivity contribution >= 4 is 28.3 Å². The van der Waals surface area contributed by atoms with Gasteiger partial charge in [0.05, 0.1) is 5.69 Å². The molecule has 0 unspecified atom stereocenters. The Morgan fingerprint density at radius 2 is 1.72 bits per heavy atom. The summed E-state index contributed by atoms with van der Waals surface area (Å²) in [5.74, 6) is -0.162. The molecule has 0 aliphatic rings. The highest BCUT2D eigenvalue weighted by atomic mass is 127. The molecule has 2 rings (SSSR count). The predicted molar refractivity (Wildman–Crippen MR) is 82.3 cm³/mol. The van der Waals surface area contributed by atoms with Gasteiger partial charge in [-0.1, -0.05) is 24.3 Å². The van der Waals surface area contributed by atoms with Crippen LogP contribution in [0.1, 0.15) is 12.5 Å². The first-order valence-electron chi connectivity index (χ1n) is 5.94. The normalized spacial score (nSPS) is 10.4. The molecule has 2 aromatic carbocycles. The SMILES string of the molecule is CCN(Cc1ccc(I)cc1)c1ccccc1F. The summed E-state index contributed by atoms with van der Waals surface area (Å²) in [5, 5.41) is 0. The van der Waals surface area contributed by atoms with Crippen LogP contribution >= 0.6 is 22.6 Å². The number of hydrogen-bond donors (Lipinski definition) is 0. The van der Waals surface area contributed by atoms with Gasteiger partial charge in [0.2, 0.25) is 0 Å². The van der Waals surface area contributed by atoms with Crippen molar-refractivity contribution in [2.24, 2.45) is 0 Å². The molecule has 0 aliphatic carbocycles. The summed E-state index contributed by atoms with van der Waals surface area (Å²) >= 11 is 2.28. The zero-order valence-electron chi connectivity index (χ0n) is 10.2. The summed E-state index contributed by atoms with van der Waals surface area (Å²) in [7, 11) is 0. The molecule has 0 atom stereocenters. The Hall–Kier alpha value is -1.10. The average molecular weight is 355 g/mol. The molecule has 0 bridgehead atoms. The fourth-order valence-electron chi connectivity index (χ4n) is 1.89. The molecule has 18 heavy (non-hydrogen) atoms. The van der Waals surface area contributed by atoms with Gasteiger partial charge in [-0.15, -0.1) is 0 Å². The van der Waals surface area contributed by atoms with E-state index in [1.54, 1.807) is 6.07 Å². The molecule has 0 aromatic heterocycles. The Labute approximate surface area is 121 Å². The van der Waals surface area contributed by atoms with Gasteiger partial charge in [0.25, 0.3) is 0 Å². The van der Waals surface area contributed by atoms with Crippen LogP contribution in [0.4, 0.5) is 10.1 Å². The number of benzene rings is 2. The minimum atomic E-state index is -0.162. The van der Waals surface area contributed by atoms with E-state index in [9.17, 15) is 4.39 Å². The maximum absolute atomic E-state index is 13.8. The van der Waals surface area contributed by atoms with Crippen LogP contribution < -0.4 is 4.90 Å². The van der Waals surface area contributed by atoms with Crippen LogP contribution in [0.25, 0.3) is 0 Å². The lowest BCUT2D eigenvalue weighted by atomic mass is 10.2. The molecule has 1 nitrogen and oxygen atoms in total. The van der Waals surface area contributed by atoms with Crippen molar-refractivity contribution in [3.05, 3.63) is 63.5 Å². The fraction of sp³-hybridized carbons (Fsp3) is 0.200.